The summed E-state index contributed by atoms with van der Waals surface area (Å²) in [5.74, 6) is -0.170. The summed E-state index contributed by atoms with van der Waals surface area (Å²) in [6.07, 6.45) is 1.91. The molecule has 0 bridgehead atoms. The number of nitrogens with zero attached hydrogens (tertiary/aromatic N) is 2. The normalized spacial score (nSPS) is 10.9. The highest BCUT2D eigenvalue weighted by Crippen LogP contribution is 2.24. The van der Waals surface area contributed by atoms with Gasteiger partial charge in [0.1, 0.15) is 5.82 Å². The van der Waals surface area contributed by atoms with Crippen molar-refractivity contribution in [3.8, 4) is 11.1 Å². The van der Waals surface area contributed by atoms with Gasteiger partial charge in [0.25, 0.3) is 0 Å². The van der Waals surface area contributed by atoms with Gasteiger partial charge in [-0.15, -0.1) is 0 Å². The Hall–Kier alpha value is -1.68. The number of hydrogen-bond acceptors (Lipinski definition) is 2. The second-order valence-corrected chi connectivity index (χ2v) is 4.39. The van der Waals surface area contributed by atoms with Crippen LogP contribution < -0.4 is 5.32 Å². The Balaban J connectivity index is 2.31. The Morgan fingerprint density at radius 1 is 1.39 bits per heavy atom. The lowest BCUT2D eigenvalue weighted by atomic mass is 10.0. The molecule has 3 nitrogen and oxygen atoms in total. The van der Waals surface area contributed by atoms with Crippen LogP contribution in [-0.4, -0.2) is 16.3 Å². The topological polar surface area (TPSA) is 29.9 Å². The molecule has 1 aromatic heterocycles. The maximum Gasteiger partial charge on any atom is 0.128 e. The van der Waals surface area contributed by atoms with Gasteiger partial charge in [-0.3, -0.25) is 4.68 Å². The van der Waals surface area contributed by atoms with Gasteiger partial charge in [0, 0.05) is 30.9 Å². The first-order valence-electron chi connectivity index (χ1n) is 6.11. The Morgan fingerprint density at radius 3 is 2.72 bits per heavy atom. The summed E-state index contributed by atoms with van der Waals surface area (Å²) >= 11 is 0. The fraction of sp³-hybridized carbons (Fsp3) is 0.357. The van der Waals surface area contributed by atoms with Crippen molar-refractivity contribution in [2.45, 2.75) is 20.4 Å². The summed E-state index contributed by atoms with van der Waals surface area (Å²) in [7, 11) is 1.87. The molecule has 0 unspecified atom stereocenters. The Labute approximate surface area is 107 Å². The molecule has 1 N–H and O–H groups in total. The maximum absolute atomic E-state index is 13.9. The molecule has 0 aliphatic carbocycles. The highest BCUT2D eigenvalue weighted by Gasteiger charge is 2.09. The molecule has 1 aromatic carbocycles. The molecular formula is C14H18FN3. The van der Waals surface area contributed by atoms with Crippen LogP contribution in [0.5, 0.6) is 0 Å². The van der Waals surface area contributed by atoms with Crippen LogP contribution in [0.2, 0.25) is 0 Å². The van der Waals surface area contributed by atoms with Crippen LogP contribution in [0.25, 0.3) is 11.1 Å². The van der Waals surface area contributed by atoms with Gasteiger partial charge in [0.15, 0.2) is 0 Å². The number of aryl methyl sites for hydroxylation is 2. The first kappa shape index (κ1) is 12.8. The smallest absolute Gasteiger partial charge is 0.128 e. The van der Waals surface area contributed by atoms with E-state index in [9.17, 15) is 4.39 Å². The van der Waals surface area contributed by atoms with Gasteiger partial charge in [-0.2, -0.15) is 5.10 Å². The Morgan fingerprint density at radius 2 is 2.17 bits per heavy atom. The van der Waals surface area contributed by atoms with Gasteiger partial charge in [-0.05, 0) is 25.1 Å². The van der Waals surface area contributed by atoms with E-state index in [0.29, 0.717) is 12.1 Å². The lowest BCUT2D eigenvalue weighted by Crippen LogP contribution is -2.12. The van der Waals surface area contributed by atoms with Crippen LogP contribution in [-0.2, 0) is 13.6 Å². The van der Waals surface area contributed by atoms with E-state index in [4.69, 9.17) is 0 Å². The molecule has 0 atom stereocenters. The number of benzene rings is 1. The van der Waals surface area contributed by atoms with Gasteiger partial charge < -0.3 is 5.32 Å². The van der Waals surface area contributed by atoms with E-state index in [-0.39, 0.29) is 5.82 Å². The Kier molecular flexibility index (Phi) is 3.77. The number of nitrogens with one attached hydrogen (secondary N) is 1. The highest BCUT2D eigenvalue weighted by molar-refractivity contribution is 5.65. The molecule has 0 amide bonds. The van der Waals surface area contributed by atoms with Crippen molar-refractivity contribution < 1.29 is 4.39 Å². The molecule has 0 saturated carbocycles. The van der Waals surface area contributed by atoms with Crippen molar-refractivity contribution >= 4 is 0 Å². The van der Waals surface area contributed by atoms with Crippen LogP contribution in [0.3, 0.4) is 0 Å². The molecule has 0 spiro atoms. The van der Waals surface area contributed by atoms with Crippen LogP contribution in [0.15, 0.2) is 24.4 Å². The fourth-order valence-corrected chi connectivity index (χ4v) is 2.00. The van der Waals surface area contributed by atoms with Gasteiger partial charge in [0.05, 0.1) is 5.69 Å². The van der Waals surface area contributed by atoms with E-state index in [0.717, 1.165) is 23.4 Å². The predicted octanol–water partition coefficient (Wildman–Crippen LogP) is 2.64. The van der Waals surface area contributed by atoms with E-state index in [1.165, 1.54) is 0 Å². The molecule has 0 fully saturated rings. The largest absolute Gasteiger partial charge is 0.313 e. The summed E-state index contributed by atoms with van der Waals surface area (Å²) in [6, 6.07) is 5.36. The lowest BCUT2D eigenvalue weighted by Gasteiger charge is -2.06. The highest BCUT2D eigenvalue weighted by atomic mass is 19.1. The summed E-state index contributed by atoms with van der Waals surface area (Å²) in [5, 5.41) is 7.39. The van der Waals surface area contributed by atoms with Crippen molar-refractivity contribution in [3.05, 3.63) is 41.5 Å². The van der Waals surface area contributed by atoms with Crippen LogP contribution >= 0.6 is 0 Å². The number of halogens is 1. The molecule has 0 saturated heterocycles. The zero-order valence-electron chi connectivity index (χ0n) is 11.0. The van der Waals surface area contributed by atoms with E-state index in [2.05, 4.69) is 10.4 Å². The molecule has 2 rings (SSSR count). The van der Waals surface area contributed by atoms with E-state index in [1.54, 1.807) is 10.7 Å². The van der Waals surface area contributed by atoms with Crippen molar-refractivity contribution in [1.29, 1.82) is 0 Å². The average Bonchev–Trinajstić information content (AvgIpc) is 2.67. The quantitative estimate of drug-likeness (QED) is 0.900. The fourth-order valence-electron chi connectivity index (χ4n) is 2.00. The molecule has 0 aliphatic heterocycles. The van der Waals surface area contributed by atoms with E-state index >= 15 is 0 Å². The zero-order chi connectivity index (χ0) is 13.1. The summed E-state index contributed by atoms with van der Waals surface area (Å²) in [5.41, 5.74) is 3.46. The molecule has 0 aliphatic rings. The third-order valence-electron chi connectivity index (χ3n) is 2.94. The first-order chi connectivity index (χ1) is 8.61. The number of rotatable bonds is 4. The molecule has 96 valence electrons. The monoisotopic (exact) mass is 247 g/mol. The van der Waals surface area contributed by atoms with Gasteiger partial charge in [-0.25, -0.2) is 4.39 Å². The third-order valence-corrected chi connectivity index (χ3v) is 2.94. The molecule has 18 heavy (non-hydrogen) atoms. The average molecular weight is 247 g/mol. The number of aromatic nitrogens is 2. The molecule has 0 radical (unpaired) electrons. The number of hydrogen-bond donors (Lipinski definition) is 1. The molecule has 4 heteroatoms. The minimum Gasteiger partial charge on any atom is -0.313 e. The zero-order valence-corrected chi connectivity index (χ0v) is 11.0. The minimum absolute atomic E-state index is 0.170. The predicted molar refractivity (Wildman–Crippen MR) is 70.7 cm³/mol. The summed E-state index contributed by atoms with van der Waals surface area (Å²) < 4.78 is 15.7. The van der Waals surface area contributed by atoms with Gasteiger partial charge in [-0.1, -0.05) is 19.1 Å². The lowest BCUT2D eigenvalue weighted by molar-refractivity contribution is 0.594. The Bertz CT molecular complexity index is 546. The van der Waals surface area contributed by atoms with E-state index < -0.39 is 0 Å². The van der Waals surface area contributed by atoms with Gasteiger partial charge >= 0.3 is 0 Å². The molecule has 1 heterocycles. The molecule has 2 aromatic rings. The van der Waals surface area contributed by atoms with Crippen LogP contribution in [0.4, 0.5) is 4.39 Å². The van der Waals surface area contributed by atoms with Crippen molar-refractivity contribution in [1.82, 2.24) is 15.1 Å². The van der Waals surface area contributed by atoms with Crippen LogP contribution in [0, 0.1) is 12.7 Å². The standard InChI is InChI=1S/C14H18FN3/c1-4-16-8-12-6-5-11(7-14(12)15)13-9-18(3)17-10(13)2/h5-7,9,16H,4,8H2,1-3H3. The second kappa shape index (κ2) is 5.31. The minimum atomic E-state index is -0.170. The van der Waals surface area contributed by atoms with Gasteiger partial charge in [0.2, 0.25) is 0 Å². The molecular weight excluding hydrogens is 229 g/mol. The summed E-state index contributed by atoms with van der Waals surface area (Å²) in [4.78, 5) is 0. The first-order valence-corrected chi connectivity index (χ1v) is 6.11. The summed E-state index contributed by atoms with van der Waals surface area (Å²) in [6.45, 7) is 5.34. The second-order valence-electron chi connectivity index (χ2n) is 4.39. The SMILES string of the molecule is CCNCc1ccc(-c2cn(C)nc2C)cc1F. The van der Waals surface area contributed by atoms with E-state index in [1.807, 2.05) is 39.2 Å². The van der Waals surface area contributed by atoms with Crippen molar-refractivity contribution in [2.24, 2.45) is 7.05 Å². The van der Waals surface area contributed by atoms with Crippen molar-refractivity contribution in [3.63, 3.8) is 0 Å². The third kappa shape index (κ3) is 2.59. The van der Waals surface area contributed by atoms with Crippen molar-refractivity contribution in [2.75, 3.05) is 6.54 Å². The maximum atomic E-state index is 13.9. The van der Waals surface area contributed by atoms with Crippen LogP contribution in [0.1, 0.15) is 18.2 Å².